The number of primary amides is 1. The van der Waals surface area contributed by atoms with E-state index in [0.717, 1.165) is 21.8 Å². The van der Waals surface area contributed by atoms with Crippen LogP contribution in [-0.4, -0.2) is 16.9 Å². The van der Waals surface area contributed by atoms with Gasteiger partial charge in [0.2, 0.25) is 11.8 Å². The van der Waals surface area contributed by atoms with Crippen LogP contribution in [0.1, 0.15) is 26.7 Å². The molecule has 37 heavy (non-hydrogen) atoms. The first-order valence-corrected chi connectivity index (χ1v) is 12.8. The van der Waals surface area contributed by atoms with Gasteiger partial charge in [-0.25, -0.2) is 0 Å². The predicted molar refractivity (Wildman–Crippen MR) is 156 cm³/mol. The van der Waals surface area contributed by atoms with Crippen molar-refractivity contribution in [2.24, 2.45) is 5.73 Å². The zero-order valence-corrected chi connectivity index (χ0v) is 21.7. The molecule has 0 heterocycles. The van der Waals surface area contributed by atoms with Crippen LogP contribution in [0.2, 0.25) is 0 Å². The fourth-order valence-corrected chi connectivity index (χ4v) is 4.86. The van der Waals surface area contributed by atoms with Crippen LogP contribution in [0.15, 0.2) is 108 Å². The Morgan fingerprint density at radius 3 is 2.05 bits per heavy atom. The number of rotatable bonds is 8. The molecular formula is C29H26N4O2S2. The van der Waals surface area contributed by atoms with Crippen molar-refractivity contribution in [3.63, 3.8) is 0 Å². The number of thioether (sulfide) groups is 1. The molecule has 0 saturated heterocycles. The van der Waals surface area contributed by atoms with E-state index in [-0.39, 0.29) is 5.91 Å². The first kappa shape index (κ1) is 25.9. The Morgan fingerprint density at radius 1 is 0.757 bits per heavy atom. The van der Waals surface area contributed by atoms with E-state index < -0.39 is 11.2 Å². The lowest BCUT2D eigenvalue weighted by Gasteiger charge is -2.18. The summed E-state index contributed by atoms with van der Waals surface area (Å²) in [6.45, 7) is 2.03. The maximum atomic E-state index is 13.4. The van der Waals surface area contributed by atoms with Crippen molar-refractivity contribution in [1.82, 2.24) is 0 Å². The van der Waals surface area contributed by atoms with Crippen molar-refractivity contribution in [2.75, 3.05) is 16.0 Å². The lowest BCUT2D eigenvalue weighted by Crippen LogP contribution is -2.20. The lowest BCUT2D eigenvalue weighted by atomic mass is 10.1. The summed E-state index contributed by atoms with van der Waals surface area (Å²) in [5, 5.41) is 9.30. The molecule has 2 amide bonds. The van der Waals surface area contributed by atoms with Gasteiger partial charge in [0.25, 0.3) is 0 Å². The van der Waals surface area contributed by atoms with Gasteiger partial charge in [-0.3, -0.25) is 9.59 Å². The molecule has 5 N–H and O–H groups in total. The minimum atomic E-state index is -0.516. The standard InChI is InChI=1S/C29H26N4O2S2/c1-19-10-14-23(15-11-19)32-29(36)33-24-8-5-9-25(18-24)37-26(20-6-3-2-4-7-20)28(35)31-22-16-12-21(13-17-22)27(30)34/h2-18,26H,1H3,(H2,30,34)(H,31,35)(H2,32,33,36). The molecule has 0 aliphatic carbocycles. The highest BCUT2D eigenvalue weighted by atomic mass is 32.2. The molecule has 1 atom stereocenters. The third-order valence-corrected chi connectivity index (χ3v) is 6.88. The normalized spacial score (nSPS) is 11.3. The third-order valence-electron chi connectivity index (χ3n) is 5.43. The summed E-state index contributed by atoms with van der Waals surface area (Å²) in [5.41, 5.74) is 10.0. The van der Waals surface area contributed by atoms with Crippen LogP contribution in [0.5, 0.6) is 0 Å². The van der Waals surface area contributed by atoms with E-state index in [1.165, 1.54) is 17.3 Å². The van der Waals surface area contributed by atoms with E-state index in [0.29, 0.717) is 16.4 Å². The minimum absolute atomic E-state index is 0.182. The quantitative estimate of drug-likeness (QED) is 0.157. The average molecular weight is 527 g/mol. The molecule has 1 unspecified atom stereocenters. The average Bonchev–Trinajstić information content (AvgIpc) is 2.89. The predicted octanol–water partition coefficient (Wildman–Crippen LogP) is 6.37. The van der Waals surface area contributed by atoms with E-state index in [9.17, 15) is 9.59 Å². The number of amides is 2. The van der Waals surface area contributed by atoms with Gasteiger partial charge in [-0.05, 0) is 79.3 Å². The molecule has 6 nitrogen and oxygen atoms in total. The van der Waals surface area contributed by atoms with Crippen LogP contribution in [0, 0.1) is 6.92 Å². The zero-order chi connectivity index (χ0) is 26.2. The number of nitrogens with two attached hydrogens (primary N) is 1. The molecule has 0 aliphatic rings. The fourth-order valence-electron chi connectivity index (χ4n) is 3.54. The second kappa shape index (κ2) is 12.2. The lowest BCUT2D eigenvalue weighted by molar-refractivity contribution is -0.115. The number of anilines is 3. The van der Waals surface area contributed by atoms with Gasteiger partial charge >= 0.3 is 0 Å². The van der Waals surface area contributed by atoms with Crippen molar-refractivity contribution in [2.45, 2.75) is 17.1 Å². The van der Waals surface area contributed by atoms with E-state index in [2.05, 4.69) is 16.0 Å². The highest BCUT2D eigenvalue weighted by Gasteiger charge is 2.22. The van der Waals surface area contributed by atoms with E-state index in [1.807, 2.05) is 85.8 Å². The van der Waals surface area contributed by atoms with Crippen LogP contribution in [0.4, 0.5) is 17.1 Å². The zero-order valence-electron chi connectivity index (χ0n) is 20.1. The van der Waals surface area contributed by atoms with E-state index in [4.69, 9.17) is 18.0 Å². The van der Waals surface area contributed by atoms with Crippen molar-refractivity contribution in [3.8, 4) is 0 Å². The van der Waals surface area contributed by atoms with Crippen molar-refractivity contribution in [3.05, 3.63) is 120 Å². The molecule has 186 valence electrons. The first-order valence-electron chi connectivity index (χ1n) is 11.5. The van der Waals surface area contributed by atoms with Gasteiger partial charge in [0.15, 0.2) is 5.11 Å². The summed E-state index contributed by atoms with van der Waals surface area (Å²) < 4.78 is 0. The fraction of sp³-hybridized carbons (Fsp3) is 0.0690. The Morgan fingerprint density at radius 2 is 1.38 bits per heavy atom. The van der Waals surface area contributed by atoms with Gasteiger partial charge in [-0.1, -0.05) is 54.1 Å². The molecular weight excluding hydrogens is 500 g/mol. The summed E-state index contributed by atoms with van der Waals surface area (Å²) in [5.74, 6) is -0.699. The number of hydrogen-bond donors (Lipinski definition) is 4. The summed E-state index contributed by atoms with van der Waals surface area (Å²) in [7, 11) is 0. The van der Waals surface area contributed by atoms with Crippen LogP contribution in [0.3, 0.4) is 0 Å². The number of carbonyl (C=O) groups is 2. The van der Waals surface area contributed by atoms with Crippen molar-refractivity contribution < 1.29 is 9.59 Å². The molecule has 0 aliphatic heterocycles. The van der Waals surface area contributed by atoms with Gasteiger partial charge in [0.1, 0.15) is 5.25 Å². The number of benzene rings is 4. The Kier molecular flexibility index (Phi) is 8.56. The van der Waals surface area contributed by atoms with Gasteiger partial charge in [-0.2, -0.15) is 0 Å². The molecule has 4 aromatic carbocycles. The second-order valence-electron chi connectivity index (χ2n) is 8.31. The maximum Gasteiger partial charge on any atom is 0.248 e. The molecule has 0 bridgehead atoms. The number of thiocarbonyl (C=S) groups is 1. The monoisotopic (exact) mass is 526 g/mol. The molecule has 0 radical (unpaired) electrons. The number of carbonyl (C=O) groups excluding carboxylic acids is 2. The maximum absolute atomic E-state index is 13.4. The van der Waals surface area contributed by atoms with Gasteiger partial charge in [-0.15, -0.1) is 11.8 Å². The van der Waals surface area contributed by atoms with Crippen LogP contribution < -0.4 is 21.7 Å². The molecule has 8 heteroatoms. The highest BCUT2D eigenvalue weighted by molar-refractivity contribution is 8.00. The SMILES string of the molecule is Cc1ccc(NC(=S)Nc2cccc(SC(C(=O)Nc3ccc(C(N)=O)cc3)c3ccccc3)c2)cc1. The van der Waals surface area contributed by atoms with Gasteiger partial charge < -0.3 is 21.7 Å². The van der Waals surface area contributed by atoms with E-state index in [1.54, 1.807) is 24.3 Å². The molecule has 0 spiro atoms. The Balaban J connectivity index is 1.48. The summed E-state index contributed by atoms with van der Waals surface area (Å²) >= 11 is 6.91. The topological polar surface area (TPSA) is 96.2 Å². The molecule has 4 aromatic rings. The number of hydrogen-bond acceptors (Lipinski definition) is 4. The summed E-state index contributed by atoms with van der Waals surface area (Å²) in [6, 6.07) is 31.8. The van der Waals surface area contributed by atoms with Crippen LogP contribution in [-0.2, 0) is 4.79 Å². The van der Waals surface area contributed by atoms with Crippen molar-refractivity contribution in [1.29, 1.82) is 0 Å². The molecule has 0 saturated carbocycles. The van der Waals surface area contributed by atoms with Crippen LogP contribution in [0.25, 0.3) is 0 Å². The number of nitrogens with one attached hydrogen (secondary N) is 3. The van der Waals surface area contributed by atoms with Crippen molar-refractivity contribution >= 4 is 58.0 Å². The number of aryl methyl sites for hydroxylation is 1. The third kappa shape index (κ3) is 7.42. The molecule has 4 rings (SSSR count). The second-order valence-corrected chi connectivity index (χ2v) is 9.90. The van der Waals surface area contributed by atoms with Gasteiger partial charge in [0, 0.05) is 27.5 Å². The highest BCUT2D eigenvalue weighted by Crippen LogP contribution is 2.37. The molecule has 0 fully saturated rings. The van der Waals surface area contributed by atoms with E-state index >= 15 is 0 Å². The first-order chi connectivity index (χ1) is 17.9. The Bertz CT molecular complexity index is 1390. The molecule has 0 aromatic heterocycles. The van der Waals surface area contributed by atoms with Crippen LogP contribution >= 0.6 is 24.0 Å². The largest absolute Gasteiger partial charge is 0.366 e. The smallest absolute Gasteiger partial charge is 0.248 e. The Labute approximate surface area is 225 Å². The summed E-state index contributed by atoms with van der Waals surface area (Å²) in [6.07, 6.45) is 0. The summed E-state index contributed by atoms with van der Waals surface area (Å²) in [4.78, 5) is 25.6. The van der Waals surface area contributed by atoms with Gasteiger partial charge in [0.05, 0.1) is 0 Å². The minimum Gasteiger partial charge on any atom is -0.366 e. The Hall–Kier alpha value is -4.14.